The van der Waals surface area contributed by atoms with Crippen molar-refractivity contribution < 1.29 is 9.90 Å². The molecule has 0 bridgehead atoms. The van der Waals surface area contributed by atoms with Crippen molar-refractivity contribution in [2.24, 2.45) is 0 Å². The van der Waals surface area contributed by atoms with Gasteiger partial charge < -0.3 is 5.11 Å². The van der Waals surface area contributed by atoms with Crippen LogP contribution in [0.2, 0.25) is 0 Å². The highest BCUT2D eigenvalue weighted by Gasteiger charge is 1.94. The lowest BCUT2D eigenvalue weighted by molar-refractivity contribution is -0.131. The van der Waals surface area contributed by atoms with Crippen LogP contribution in [0.4, 0.5) is 0 Å². The summed E-state index contributed by atoms with van der Waals surface area (Å²) in [5.41, 5.74) is 0. The van der Waals surface area contributed by atoms with Crippen LogP contribution >= 0.6 is 0 Å². The first kappa shape index (κ1) is 20.2. The first-order chi connectivity index (χ1) is 10.3. The molecule has 1 N–H and O–H groups in total. The summed E-state index contributed by atoms with van der Waals surface area (Å²) in [5.74, 6) is -0.833. The quantitative estimate of drug-likeness (QED) is 0.261. The lowest BCUT2D eigenvalue weighted by Gasteiger charge is -2.02. The minimum Gasteiger partial charge on any atom is -0.478 e. The van der Waals surface area contributed by atoms with Crippen LogP contribution in [0.15, 0.2) is 12.2 Å². The Morgan fingerprint density at radius 1 is 0.714 bits per heavy atom. The largest absolute Gasteiger partial charge is 0.478 e. The van der Waals surface area contributed by atoms with Crippen LogP contribution in [0.5, 0.6) is 0 Å². The molecule has 0 aromatic carbocycles. The van der Waals surface area contributed by atoms with E-state index < -0.39 is 5.97 Å². The number of allylic oxidation sites excluding steroid dienone is 1. The molecule has 0 atom stereocenters. The summed E-state index contributed by atoms with van der Waals surface area (Å²) in [4.78, 5) is 10.3. The fourth-order valence-electron chi connectivity index (χ4n) is 2.64. The van der Waals surface area contributed by atoms with E-state index in [2.05, 4.69) is 6.92 Å². The number of unbranched alkanes of at least 4 members (excludes halogenated alkanes) is 14. The van der Waals surface area contributed by atoms with Gasteiger partial charge in [0.25, 0.3) is 0 Å². The maximum atomic E-state index is 10.3. The van der Waals surface area contributed by atoms with Crippen molar-refractivity contribution in [1.82, 2.24) is 0 Å². The maximum absolute atomic E-state index is 10.3. The highest BCUT2D eigenvalue weighted by atomic mass is 16.4. The van der Waals surface area contributed by atoms with Gasteiger partial charge in [0.1, 0.15) is 0 Å². The number of carbonyl (C=O) groups is 1. The van der Waals surface area contributed by atoms with E-state index in [9.17, 15) is 4.79 Å². The number of hydrogen-bond donors (Lipinski definition) is 1. The van der Waals surface area contributed by atoms with Crippen molar-refractivity contribution in [2.45, 2.75) is 103 Å². The number of aliphatic carboxylic acids is 1. The highest BCUT2D eigenvalue weighted by molar-refractivity contribution is 5.79. The van der Waals surface area contributed by atoms with Crippen LogP contribution in [0, 0.1) is 0 Å². The third kappa shape index (κ3) is 19.2. The van der Waals surface area contributed by atoms with Crippen molar-refractivity contribution >= 4 is 5.97 Å². The Kier molecular flexibility index (Phi) is 16.6. The molecule has 0 aliphatic carbocycles. The minimum atomic E-state index is -0.833. The topological polar surface area (TPSA) is 37.3 Å². The van der Waals surface area contributed by atoms with Gasteiger partial charge in [-0.25, -0.2) is 4.79 Å². The summed E-state index contributed by atoms with van der Waals surface area (Å²) in [6.45, 7) is 2.27. The van der Waals surface area contributed by atoms with Gasteiger partial charge in [-0.1, -0.05) is 96.5 Å². The van der Waals surface area contributed by atoms with E-state index >= 15 is 0 Å². The standard InChI is InChI=1S/C19H36O2/c1-2-3-4-5-6-7-8-9-10-11-12-13-14-15-16-17-18-19(20)21/h17-18H,2-16H2,1H3,(H,20,21)/b18-17-. The van der Waals surface area contributed by atoms with Gasteiger partial charge in [-0.2, -0.15) is 0 Å². The van der Waals surface area contributed by atoms with Crippen molar-refractivity contribution in [3.63, 3.8) is 0 Å². The van der Waals surface area contributed by atoms with E-state index in [0.29, 0.717) is 0 Å². The average molecular weight is 296 g/mol. The molecule has 0 fully saturated rings. The third-order valence-corrected chi connectivity index (χ3v) is 3.98. The Hall–Kier alpha value is -0.790. The Bertz CT molecular complexity index is 246. The van der Waals surface area contributed by atoms with Crippen molar-refractivity contribution in [1.29, 1.82) is 0 Å². The molecule has 0 spiro atoms. The van der Waals surface area contributed by atoms with Crippen LogP contribution in [0.25, 0.3) is 0 Å². The van der Waals surface area contributed by atoms with E-state index in [-0.39, 0.29) is 0 Å². The monoisotopic (exact) mass is 296 g/mol. The van der Waals surface area contributed by atoms with Gasteiger partial charge in [0.2, 0.25) is 0 Å². The molecular formula is C19H36O2. The molecule has 0 amide bonds. The molecule has 0 aromatic rings. The van der Waals surface area contributed by atoms with Crippen LogP contribution in [0.1, 0.15) is 103 Å². The highest BCUT2D eigenvalue weighted by Crippen LogP contribution is 2.13. The molecule has 124 valence electrons. The molecule has 0 saturated carbocycles. The minimum absolute atomic E-state index is 0.833. The zero-order chi connectivity index (χ0) is 15.6. The zero-order valence-electron chi connectivity index (χ0n) is 14.1. The molecule has 0 saturated heterocycles. The maximum Gasteiger partial charge on any atom is 0.327 e. The number of carboxylic acid groups (broad SMARTS) is 1. The summed E-state index contributed by atoms with van der Waals surface area (Å²) >= 11 is 0. The normalized spacial score (nSPS) is 11.3. The molecule has 0 heterocycles. The Labute approximate surface area is 132 Å². The molecule has 2 nitrogen and oxygen atoms in total. The number of carboxylic acids is 1. The van der Waals surface area contributed by atoms with Crippen LogP contribution in [0.3, 0.4) is 0 Å². The summed E-state index contributed by atoms with van der Waals surface area (Å²) in [6.07, 6.45) is 23.0. The molecule has 0 aromatic heterocycles. The second-order valence-electron chi connectivity index (χ2n) is 6.13. The van der Waals surface area contributed by atoms with Crippen LogP contribution < -0.4 is 0 Å². The number of hydrogen-bond acceptors (Lipinski definition) is 1. The zero-order valence-corrected chi connectivity index (χ0v) is 14.1. The molecule has 0 radical (unpaired) electrons. The Morgan fingerprint density at radius 3 is 1.48 bits per heavy atom. The van der Waals surface area contributed by atoms with Gasteiger partial charge in [0.05, 0.1) is 0 Å². The molecule has 0 unspecified atom stereocenters. The number of rotatable bonds is 16. The van der Waals surface area contributed by atoms with E-state index in [1.54, 1.807) is 6.08 Å². The molecule has 0 rings (SSSR count). The second kappa shape index (κ2) is 17.3. The van der Waals surface area contributed by atoms with Crippen LogP contribution in [-0.2, 0) is 4.79 Å². The first-order valence-corrected chi connectivity index (χ1v) is 9.17. The lowest BCUT2D eigenvalue weighted by atomic mass is 10.0. The van der Waals surface area contributed by atoms with E-state index in [0.717, 1.165) is 12.8 Å². The van der Waals surface area contributed by atoms with Crippen molar-refractivity contribution in [2.75, 3.05) is 0 Å². The van der Waals surface area contributed by atoms with Crippen molar-refractivity contribution in [3.8, 4) is 0 Å². The van der Waals surface area contributed by atoms with Crippen LogP contribution in [-0.4, -0.2) is 11.1 Å². The summed E-state index contributed by atoms with van der Waals surface area (Å²) in [7, 11) is 0. The van der Waals surface area contributed by atoms with Crippen molar-refractivity contribution in [3.05, 3.63) is 12.2 Å². The van der Waals surface area contributed by atoms with Gasteiger partial charge >= 0.3 is 5.97 Å². The average Bonchev–Trinajstić information content (AvgIpc) is 2.46. The molecule has 0 aliphatic heterocycles. The molecule has 2 heteroatoms. The van der Waals surface area contributed by atoms with Gasteiger partial charge in [-0.05, 0) is 12.8 Å². The van der Waals surface area contributed by atoms with Gasteiger partial charge in [0.15, 0.2) is 0 Å². The predicted molar refractivity (Wildman–Crippen MR) is 91.7 cm³/mol. The smallest absolute Gasteiger partial charge is 0.327 e. The fraction of sp³-hybridized carbons (Fsp3) is 0.842. The second-order valence-corrected chi connectivity index (χ2v) is 6.13. The Balaban J connectivity index is 3.01. The predicted octanol–water partition coefficient (Wildman–Crippen LogP) is 6.50. The lowest BCUT2D eigenvalue weighted by Crippen LogP contribution is -1.86. The van der Waals surface area contributed by atoms with Gasteiger partial charge in [-0.3, -0.25) is 0 Å². The first-order valence-electron chi connectivity index (χ1n) is 9.17. The summed E-state index contributed by atoms with van der Waals surface area (Å²) in [5, 5.41) is 8.44. The SMILES string of the molecule is CCCCCCCCCCCCCCCC/C=C\C(=O)O. The molecule has 21 heavy (non-hydrogen) atoms. The van der Waals surface area contributed by atoms with E-state index in [1.807, 2.05) is 0 Å². The van der Waals surface area contributed by atoms with E-state index in [1.165, 1.54) is 89.5 Å². The molecular weight excluding hydrogens is 260 g/mol. The molecule has 0 aliphatic rings. The fourth-order valence-corrected chi connectivity index (χ4v) is 2.64. The van der Waals surface area contributed by atoms with Gasteiger partial charge in [-0.15, -0.1) is 0 Å². The third-order valence-electron chi connectivity index (χ3n) is 3.98. The summed E-state index contributed by atoms with van der Waals surface area (Å²) < 4.78 is 0. The summed E-state index contributed by atoms with van der Waals surface area (Å²) in [6, 6.07) is 0. The Morgan fingerprint density at radius 2 is 1.10 bits per heavy atom. The van der Waals surface area contributed by atoms with E-state index in [4.69, 9.17) is 5.11 Å². The van der Waals surface area contributed by atoms with Gasteiger partial charge in [0, 0.05) is 6.08 Å².